The quantitative estimate of drug-likeness (QED) is 0.668. The molecule has 1 aromatic carbocycles. The van der Waals surface area contributed by atoms with Gasteiger partial charge in [-0.25, -0.2) is 4.98 Å². The number of fused-ring (bicyclic) bond motifs is 1. The summed E-state index contributed by atoms with van der Waals surface area (Å²) in [5.41, 5.74) is 1.26. The summed E-state index contributed by atoms with van der Waals surface area (Å²) < 4.78 is 1.94. The molecule has 1 aromatic heterocycles. The Morgan fingerprint density at radius 1 is 1.23 bits per heavy atom. The van der Waals surface area contributed by atoms with Gasteiger partial charge >= 0.3 is 0 Å². The zero-order valence-electron chi connectivity index (χ0n) is 7.01. The van der Waals surface area contributed by atoms with Crippen molar-refractivity contribution in [2.45, 2.75) is 6.92 Å². The van der Waals surface area contributed by atoms with Crippen LogP contribution in [0.3, 0.4) is 0 Å². The van der Waals surface area contributed by atoms with Gasteiger partial charge in [-0.2, -0.15) is 0 Å². The van der Waals surface area contributed by atoms with Gasteiger partial charge in [0.05, 0.1) is 0 Å². The van der Waals surface area contributed by atoms with Gasteiger partial charge in [0.25, 0.3) is 0 Å². The Balaban J connectivity index is 3.00. The molecule has 2 aromatic rings. The van der Waals surface area contributed by atoms with Gasteiger partial charge in [0.2, 0.25) is 0 Å². The van der Waals surface area contributed by atoms with Gasteiger partial charge in [0.15, 0.2) is 0 Å². The Morgan fingerprint density at radius 2 is 2.00 bits per heavy atom. The fourth-order valence-electron chi connectivity index (χ4n) is 1.40. The zero-order valence-corrected chi connectivity index (χ0v) is 10.2. The molecule has 13 heavy (non-hydrogen) atoms. The van der Waals surface area contributed by atoms with Crippen molar-refractivity contribution in [3.63, 3.8) is 0 Å². The van der Waals surface area contributed by atoms with Gasteiger partial charge in [-0.05, 0) is 44.3 Å². The SMILES string of the molecule is Cc1cccc2c(Br)ncc(Br)c12. The number of nitrogens with zero attached hydrogens (tertiary/aromatic N) is 1. The fraction of sp³-hybridized carbons (Fsp3) is 0.100. The van der Waals surface area contributed by atoms with E-state index < -0.39 is 0 Å². The van der Waals surface area contributed by atoms with Crippen LogP contribution in [0, 0.1) is 6.92 Å². The summed E-state index contributed by atoms with van der Waals surface area (Å²) >= 11 is 6.93. The zero-order chi connectivity index (χ0) is 9.42. The number of hydrogen-bond donors (Lipinski definition) is 0. The first-order valence-corrected chi connectivity index (χ1v) is 5.48. The van der Waals surface area contributed by atoms with Crippen molar-refractivity contribution >= 4 is 42.6 Å². The lowest BCUT2D eigenvalue weighted by molar-refractivity contribution is 1.29. The topological polar surface area (TPSA) is 12.9 Å². The highest BCUT2D eigenvalue weighted by molar-refractivity contribution is 9.11. The molecule has 0 aliphatic carbocycles. The van der Waals surface area contributed by atoms with Crippen LogP contribution in [-0.4, -0.2) is 4.98 Å². The van der Waals surface area contributed by atoms with E-state index in [4.69, 9.17) is 0 Å². The molecule has 0 aliphatic heterocycles. The van der Waals surface area contributed by atoms with Crippen molar-refractivity contribution in [2.75, 3.05) is 0 Å². The molecule has 0 N–H and O–H groups in total. The highest BCUT2D eigenvalue weighted by Crippen LogP contribution is 2.30. The lowest BCUT2D eigenvalue weighted by Crippen LogP contribution is -1.84. The maximum absolute atomic E-state index is 4.22. The molecule has 0 atom stereocenters. The average Bonchev–Trinajstić information content (AvgIpc) is 2.12. The van der Waals surface area contributed by atoms with Crippen LogP contribution in [0.5, 0.6) is 0 Å². The van der Waals surface area contributed by atoms with Crippen LogP contribution in [0.4, 0.5) is 0 Å². The normalized spacial score (nSPS) is 10.7. The van der Waals surface area contributed by atoms with Crippen molar-refractivity contribution in [3.05, 3.63) is 39.0 Å². The van der Waals surface area contributed by atoms with Crippen LogP contribution in [-0.2, 0) is 0 Å². The van der Waals surface area contributed by atoms with Crippen LogP contribution in [0.2, 0.25) is 0 Å². The number of aromatic nitrogens is 1. The standard InChI is InChI=1S/C10H7Br2N/c1-6-3-2-4-7-9(6)8(11)5-13-10(7)12/h2-5H,1H3. The highest BCUT2D eigenvalue weighted by atomic mass is 79.9. The molecular formula is C10H7Br2N. The van der Waals surface area contributed by atoms with Gasteiger partial charge in [-0.1, -0.05) is 18.2 Å². The van der Waals surface area contributed by atoms with Crippen LogP contribution < -0.4 is 0 Å². The summed E-state index contributed by atoms with van der Waals surface area (Å²) in [4.78, 5) is 4.22. The molecule has 1 nitrogen and oxygen atoms in total. The van der Waals surface area contributed by atoms with E-state index >= 15 is 0 Å². The molecule has 2 rings (SSSR count). The average molecular weight is 301 g/mol. The first kappa shape index (κ1) is 9.16. The third-order valence-corrected chi connectivity index (χ3v) is 3.26. The molecule has 3 heteroatoms. The second kappa shape index (κ2) is 3.39. The second-order valence-electron chi connectivity index (χ2n) is 2.89. The van der Waals surface area contributed by atoms with E-state index in [1.54, 1.807) is 0 Å². The van der Waals surface area contributed by atoms with E-state index in [0.29, 0.717) is 0 Å². The molecule has 0 radical (unpaired) electrons. The summed E-state index contributed by atoms with van der Waals surface area (Å²) in [5, 5.41) is 2.37. The molecular weight excluding hydrogens is 294 g/mol. The first-order valence-electron chi connectivity index (χ1n) is 3.89. The van der Waals surface area contributed by atoms with Gasteiger partial charge in [-0.3, -0.25) is 0 Å². The Hall–Kier alpha value is -0.410. The van der Waals surface area contributed by atoms with Crippen LogP contribution in [0.15, 0.2) is 33.5 Å². The number of rotatable bonds is 0. The van der Waals surface area contributed by atoms with Gasteiger partial charge in [0.1, 0.15) is 4.60 Å². The Kier molecular flexibility index (Phi) is 2.39. The second-order valence-corrected chi connectivity index (χ2v) is 4.50. The van der Waals surface area contributed by atoms with Crippen molar-refractivity contribution in [1.82, 2.24) is 4.98 Å². The van der Waals surface area contributed by atoms with Crippen LogP contribution >= 0.6 is 31.9 Å². The van der Waals surface area contributed by atoms with Gasteiger partial charge in [0, 0.05) is 21.4 Å². The third kappa shape index (κ3) is 1.51. The fourth-order valence-corrected chi connectivity index (χ4v) is 2.47. The summed E-state index contributed by atoms with van der Waals surface area (Å²) in [6.07, 6.45) is 1.82. The monoisotopic (exact) mass is 299 g/mol. The molecule has 0 saturated carbocycles. The summed E-state index contributed by atoms with van der Waals surface area (Å²) in [6.45, 7) is 2.10. The van der Waals surface area contributed by atoms with Gasteiger partial charge < -0.3 is 0 Å². The third-order valence-electron chi connectivity index (χ3n) is 2.03. The van der Waals surface area contributed by atoms with E-state index in [1.165, 1.54) is 10.9 Å². The lowest BCUT2D eigenvalue weighted by Gasteiger charge is -2.04. The number of benzene rings is 1. The van der Waals surface area contributed by atoms with Crippen LogP contribution in [0.1, 0.15) is 5.56 Å². The lowest BCUT2D eigenvalue weighted by atomic mass is 10.1. The van der Waals surface area contributed by atoms with E-state index in [9.17, 15) is 0 Å². The largest absolute Gasteiger partial charge is 0.248 e. The maximum atomic E-state index is 4.22. The van der Waals surface area contributed by atoms with E-state index in [-0.39, 0.29) is 0 Å². The molecule has 0 amide bonds. The summed E-state index contributed by atoms with van der Waals surface area (Å²) in [6, 6.07) is 6.19. The van der Waals surface area contributed by atoms with Crippen molar-refractivity contribution < 1.29 is 0 Å². The smallest absolute Gasteiger partial charge is 0.113 e. The summed E-state index contributed by atoms with van der Waals surface area (Å²) in [7, 11) is 0. The number of halogens is 2. The summed E-state index contributed by atoms with van der Waals surface area (Å²) in [5.74, 6) is 0. The molecule has 0 aliphatic rings. The van der Waals surface area contributed by atoms with E-state index in [0.717, 1.165) is 14.5 Å². The van der Waals surface area contributed by atoms with Crippen molar-refractivity contribution in [3.8, 4) is 0 Å². The minimum absolute atomic E-state index is 0.898. The Labute approximate surface area is 93.4 Å². The molecule has 0 unspecified atom stereocenters. The molecule has 66 valence electrons. The molecule has 1 heterocycles. The van der Waals surface area contributed by atoms with E-state index in [2.05, 4.69) is 55.9 Å². The van der Waals surface area contributed by atoms with Crippen molar-refractivity contribution in [1.29, 1.82) is 0 Å². The van der Waals surface area contributed by atoms with Crippen LogP contribution in [0.25, 0.3) is 10.8 Å². The molecule has 0 saturated heterocycles. The minimum Gasteiger partial charge on any atom is -0.248 e. The number of aryl methyl sites for hydroxylation is 1. The predicted molar refractivity (Wildman–Crippen MR) is 61.9 cm³/mol. The predicted octanol–water partition coefficient (Wildman–Crippen LogP) is 4.07. The Morgan fingerprint density at radius 3 is 2.69 bits per heavy atom. The number of pyridine rings is 1. The molecule has 0 spiro atoms. The van der Waals surface area contributed by atoms with Crippen molar-refractivity contribution in [2.24, 2.45) is 0 Å². The van der Waals surface area contributed by atoms with E-state index in [1.807, 2.05) is 12.3 Å². The molecule has 0 fully saturated rings. The molecule has 0 bridgehead atoms. The first-order chi connectivity index (χ1) is 6.20. The Bertz CT molecular complexity index is 457. The highest BCUT2D eigenvalue weighted by Gasteiger charge is 2.04. The van der Waals surface area contributed by atoms with Gasteiger partial charge in [-0.15, -0.1) is 0 Å². The maximum Gasteiger partial charge on any atom is 0.113 e. The minimum atomic E-state index is 0.898. The number of hydrogen-bond acceptors (Lipinski definition) is 1.